The van der Waals surface area contributed by atoms with Crippen LogP contribution in [0.4, 0.5) is 65.9 Å². The lowest BCUT2D eigenvalue weighted by molar-refractivity contribution is 0.175. The van der Waals surface area contributed by atoms with Gasteiger partial charge in [-0.1, -0.05) is 18.2 Å². The molecule has 2 unspecified atom stereocenters. The largest absolute Gasteiger partial charge is 0.634 e. The van der Waals surface area contributed by atoms with E-state index in [2.05, 4.69) is 11.2 Å². The van der Waals surface area contributed by atoms with Gasteiger partial charge in [0.15, 0.2) is 69.8 Å². The van der Waals surface area contributed by atoms with Crippen molar-refractivity contribution in [3.05, 3.63) is 129 Å². The lowest BCUT2D eigenvalue weighted by atomic mass is 9.64. The summed E-state index contributed by atoms with van der Waals surface area (Å²) in [5.41, 5.74) is -15.1. The zero-order valence-corrected chi connectivity index (χ0v) is 21.1. The molecule has 3 nitrogen and oxygen atoms in total. The molecular weight excluding hydrogens is 656 g/mol. The van der Waals surface area contributed by atoms with E-state index >= 15 is 26.3 Å². The average molecular weight is 664 g/mol. The number of halogens is 15. The Morgan fingerprint density at radius 1 is 0.556 bits per heavy atom. The molecule has 0 aromatic heterocycles. The Kier molecular flexibility index (Phi) is 8.68. The van der Waals surface area contributed by atoms with E-state index in [-0.39, 0.29) is 18.2 Å². The summed E-state index contributed by atoms with van der Waals surface area (Å²) in [6.07, 6.45) is -2.55. The minimum Gasteiger partial charge on any atom is -0.402 e. The Labute approximate surface area is 240 Å². The Morgan fingerprint density at radius 3 is 1.24 bits per heavy atom. The fourth-order valence-electron chi connectivity index (χ4n) is 4.75. The smallest absolute Gasteiger partial charge is 0.402 e. The van der Waals surface area contributed by atoms with Crippen LogP contribution in [-0.4, -0.2) is 23.5 Å². The molecule has 238 valence electrons. The fraction of sp³-hybridized carbons (Fsp3) is 0.0769. The first-order valence-electron chi connectivity index (χ1n) is 11.5. The third kappa shape index (κ3) is 4.80. The van der Waals surface area contributed by atoms with Crippen LogP contribution in [0, 0.1) is 87.3 Å². The number of allylic oxidation sites excluding steroid dienone is 3. The van der Waals surface area contributed by atoms with Gasteiger partial charge in [-0.25, -0.2) is 65.9 Å². The van der Waals surface area contributed by atoms with Crippen molar-refractivity contribution in [1.82, 2.24) is 0 Å². The van der Waals surface area contributed by atoms with Gasteiger partial charge in [-0.15, -0.1) is 6.58 Å². The highest BCUT2D eigenvalue weighted by Gasteiger charge is 2.49. The van der Waals surface area contributed by atoms with Crippen molar-refractivity contribution in [2.45, 2.75) is 11.5 Å². The minimum absolute atomic E-state index is 0.00714. The van der Waals surface area contributed by atoms with E-state index in [0.717, 1.165) is 0 Å². The first-order valence-corrected chi connectivity index (χ1v) is 11.5. The van der Waals surface area contributed by atoms with Crippen molar-refractivity contribution in [3.63, 3.8) is 0 Å². The summed E-state index contributed by atoms with van der Waals surface area (Å²) < 4.78 is 224. The maximum Gasteiger partial charge on any atom is 0.634 e. The Morgan fingerprint density at radius 2 is 0.889 bits per heavy atom. The molecular formula is C26H8BF15O3. The number of hydrogen-bond donors (Lipinski definition) is 2. The van der Waals surface area contributed by atoms with Crippen LogP contribution in [0.1, 0.15) is 16.7 Å². The Hall–Kier alpha value is -4.23. The van der Waals surface area contributed by atoms with E-state index in [9.17, 15) is 49.6 Å². The molecule has 0 bridgehead atoms. The lowest BCUT2D eigenvalue weighted by Gasteiger charge is -2.39. The van der Waals surface area contributed by atoms with Gasteiger partial charge in [0.2, 0.25) is 17.5 Å². The third-order valence-electron chi connectivity index (χ3n) is 6.65. The van der Waals surface area contributed by atoms with Crippen LogP contribution in [0.5, 0.6) is 0 Å². The van der Waals surface area contributed by atoms with Crippen molar-refractivity contribution >= 4 is 18.5 Å². The van der Waals surface area contributed by atoms with Gasteiger partial charge in [0.1, 0.15) is 0 Å². The van der Waals surface area contributed by atoms with E-state index in [4.69, 9.17) is 0 Å². The van der Waals surface area contributed by atoms with Crippen molar-refractivity contribution in [2.24, 2.45) is 0 Å². The number of hydrogen-bond acceptors (Lipinski definition) is 3. The summed E-state index contributed by atoms with van der Waals surface area (Å²) in [4.78, 5) is 0. The van der Waals surface area contributed by atoms with Crippen LogP contribution < -0.4 is 0 Å². The molecule has 0 aliphatic heterocycles. The molecule has 45 heavy (non-hydrogen) atoms. The van der Waals surface area contributed by atoms with Crippen LogP contribution in [0.2, 0.25) is 0 Å². The third-order valence-corrected chi connectivity index (χ3v) is 6.65. The van der Waals surface area contributed by atoms with E-state index in [1.54, 1.807) is 0 Å². The van der Waals surface area contributed by atoms with Crippen LogP contribution in [0.25, 0.3) is 11.1 Å². The minimum atomic E-state index is -3.72. The zero-order valence-electron chi connectivity index (χ0n) is 21.1. The predicted molar refractivity (Wildman–Crippen MR) is 122 cm³/mol. The quantitative estimate of drug-likeness (QED) is 0.101. The number of rotatable bonds is 6. The molecule has 0 radical (unpaired) electrons. The van der Waals surface area contributed by atoms with Crippen molar-refractivity contribution < 1.29 is 80.6 Å². The van der Waals surface area contributed by atoms with E-state index in [1.807, 2.05) is 0 Å². The van der Waals surface area contributed by atoms with Gasteiger partial charge in [0.25, 0.3) is 0 Å². The first-order chi connectivity index (χ1) is 20.9. The molecule has 1 aliphatic carbocycles. The Balaban J connectivity index is 2.46. The summed E-state index contributed by atoms with van der Waals surface area (Å²) in [5, 5.41) is 18.7. The highest BCUT2D eigenvalue weighted by molar-refractivity contribution is 6.33. The summed E-state index contributed by atoms with van der Waals surface area (Å²) in [6.45, 7) is 3.00. The molecule has 0 saturated heterocycles. The fourth-order valence-corrected chi connectivity index (χ4v) is 4.75. The highest BCUT2D eigenvalue weighted by atomic mass is 19.2. The topological polar surface area (TPSA) is 49.7 Å². The van der Waals surface area contributed by atoms with Crippen LogP contribution in [0.15, 0.2) is 24.8 Å². The van der Waals surface area contributed by atoms with Crippen LogP contribution in [-0.2, 0) is 10.1 Å². The van der Waals surface area contributed by atoms with Crippen molar-refractivity contribution in [1.29, 1.82) is 0 Å². The van der Waals surface area contributed by atoms with Gasteiger partial charge in [0, 0.05) is 11.1 Å². The predicted octanol–water partition coefficient (Wildman–Crippen LogP) is 6.73. The molecule has 19 heteroatoms. The summed E-state index contributed by atoms with van der Waals surface area (Å²) in [5.74, 6) is -43.5. The lowest BCUT2D eigenvalue weighted by Crippen LogP contribution is -2.37. The Bertz CT molecular complexity index is 1770. The second-order valence-corrected chi connectivity index (χ2v) is 8.94. The normalized spacial score (nSPS) is 18.2. The maximum atomic E-state index is 15.4. The summed E-state index contributed by atoms with van der Waals surface area (Å²) in [6, 6.07) is 0. The van der Waals surface area contributed by atoms with Gasteiger partial charge in [-0.05, 0) is 5.57 Å². The second-order valence-electron chi connectivity index (χ2n) is 8.94. The average Bonchev–Trinajstić information content (AvgIpc) is 3.00. The first kappa shape index (κ1) is 33.7. The monoisotopic (exact) mass is 664 g/mol. The van der Waals surface area contributed by atoms with Crippen molar-refractivity contribution in [3.8, 4) is 0 Å². The highest BCUT2D eigenvalue weighted by Crippen LogP contribution is 2.54. The van der Waals surface area contributed by atoms with Crippen LogP contribution in [0.3, 0.4) is 0 Å². The standard InChI is InChI=1S/C26H8BF15O3/c1-2-26(10-15(32)21(38)25(42)22(39)16(10)33)4-3-5(45-27(43)44)6(7-11(28)17(34)23(40)18(35)12(7)29)9(26)8-13(30)19(36)24(41)20(37)14(8)31/h2-5,43-44H,1H2. The summed E-state index contributed by atoms with van der Waals surface area (Å²) in [7, 11) is -3.15. The van der Waals surface area contributed by atoms with Gasteiger partial charge in [0.05, 0.1) is 22.6 Å². The molecule has 1 aliphatic rings. The zero-order chi connectivity index (χ0) is 34.0. The van der Waals surface area contributed by atoms with E-state index in [0.29, 0.717) is 0 Å². The molecule has 0 amide bonds. The molecule has 0 fully saturated rings. The molecule has 0 heterocycles. The van der Waals surface area contributed by atoms with Gasteiger partial charge in [-0.2, -0.15) is 0 Å². The van der Waals surface area contributed by atoms with E-state index in [1.165, 1.54) is 0 Å². The maximum absolute atomic E-state index is 15.4. The molecule has 2 N–H and O–H groups in total. The molecule has 2 atom stereocenters. The molecule has 0 spiro atoms. The summed E-state index contributed by atoms with van der Waals surface area (Å²) >= 11 is 0. The van der Waals surface area contributed by atoms with Gasteiger partial charge in [-0.3, -0.25) is 0 Å². The van der Waals surface area contributed by atoms with Gasteiger partial charge < -0.3 is 14.7 Å². The molecule has 4 rings (SSSR count). The molecule has 0 saturated carbocycles. The van der Waals surface area contributed by atoms with Gasteiger partial charge >= 0.3 is 7.32 Å². The molecule has 3 aromatic rings. The number of benzene rings is 3. The van der Waals surface area contributed by atoms with Crippen LogP contribution >= 0.6 is 0 Å². The molecule has 3 aromatic carbocycles. The van der Waals surface area contributed by atoms with Crippen molar-refractivity contribution in [2.75, 3.05) is 0 Å². The SMILES string of the molecule is C=CC1(c2c(F)c(F)c(F)c(F)c2F)C=CC(OB(O)O)C(c2c(F)c(F)c(F)c(F)c2F)=C1c1c(F)c(F)c(F)c(F)c1F. The second kappa shape index (κ2) is 11.6. The van der Waals surface area contributed by atoms with E-state index < -0.39 is 134 Å².